The summed E-state index contributed by atoms with van der Waals surface area (Å²) in [4.78, 5) is 0. The van der Waals surface area contributed by atoms with Gasteiger partial charge in [0.1, 0.15) is 5.58 Å². The largest absolute Gasteiger partial charge is 0.454 e. The molecule has 2 nitrogen and oxygen atoms in total. The van der Waals surface area contributed by atoms with Gasteiger partial charge in [0.05, 0.1) is 5.69 Å². The van der Waals surface area contributed by atoms with Crippen LogP contribution in [0.25, 0.3) is 55.3 Å². The van der Waals surface area contributed by atoms with Crippen LogP contribution in [-0.2, 0) is 0 Å². The first kappa shape index (κ1) is 22.1. The topological polar surface area (TPSA) is 25.2 Å². The number of hydrogen-bond donors (Lipinski definition) is 1. The number of furan rings is 1. The van der Waals surface area contributed by atoms with Gasteiger partial charge in [-0.1, -0.05) is 115 Å². The van der Waals surface area contributed by atoms with Crippen molar-refractivity contribution in [1.29, 1.82) is 0 Å². The Bertz CT molecular complexity index is 1870. The molecule has 180 valence electrons. The van der Waals surface area contributed by atoms with E-state index in [4.69, 9.17) is 4.42 Å². The van der Waals surface area contributed by atoms with Crippen molar-refractivity contribution in [1.82, 2.24) is 0 Å². The van der Waals surface area contributed by atoms with Gasteiger partial charge >= 0.3 is 0 Å². The average molecular weight is 488 g/mol. The Morgan fingerprint density at radius 1 is 0.447 bits per heavy atom. The van der Waals surface area contributed by atoms with E-state index in [1.54, 1.807) is 0 Å². The molecule has 0 aliphatic carbocycles. The maximum Gasteiger partial charge on any atom is 0.158 e. The fraction of sp³-hybridized carbons (Fsp3) is 0. The monoisotopic (exact) mass is 487 g/mol. The van der Waals surface area contributed by atoms with Gasteiger partial charge in [-0.25, -0.2) is 0 Å². The van der Waals surface area contributed by atoms with Gasteiger partial charge in [-0.05, 0) is 63.7 Å². The van der Waals surface area contributed by atoms with Gasteiger partial charge in [-0.2, -0.15) is 0 Å². The Labute approximate surface area is 221 Å². The molecule has 1 heterocycles. The lowest BCUT2D eigenvalue weighted by Gasteiger charge is -2.10. The lowest BCUT2D eigenvalue weighted by atomic mass is 9.99. The van der Waals surface area contributed by atoms with Gasteiger partial charge < -0.3 is 9.73 Å². The Morgan fingerprint density at radius 2 is 1.05 bits per heavy atom. The molecule has 1 N–H and O–H groups in total. The Balaban J connectivity index is 1.22. The molecule has 2 heteroatoms. The van der Waals surface area contributed by atoms with E-state index in [1.165, 1.54) is 33.4 Å². The Kier molecular flexibility index (Phi) is 5.49. The predicted molar refractivity (Wildman–Crippen MR) is 160 cm³/mol. The van der Waals surface area contributed by atoms with Gasteiger partial charge in [0, 0.05) is 16.5 Å². The third kappa shape index (κ3) is 4.03. The average Bonchev–Trinajstić information content (AvgIpc) is 3.39. The van der Waals surface area contributed by atoms with E-state index < -0.39 is 0 Å². The molecule has 0 unspecified atom stereocenters. The van der Waals surface area contributed by atoms with E-state index in [0.717, 1.165) is 33.3 Å². The molecule has 0 radical (unpaired) electrons. The normalized spacial score (nSPS) is 11.2. The van der Waals surface area contributed by atoms with Crippen molar-refractivity contribution in [2.24, 2.45) is 0 Å². The van der Waals surface area contributed by atoms with Crippen LogP contribution in [0.1, 0.15) is 0 Å². The van der Waals surface area contributed by atoms with Crippen LogP contribution in [-0.4, -0.2) is 0 Å². The maximum absolute atomic E-state index is 6.40. The van der Waals surface area contributed by atoms with Gasteiger partial charge in [0.15, 0.2) is 5.58 Å². The molecular weight excluding hydrogens is 462 g/mol. The van der Waals surface area contributed by atoms with Gasteiger partial charge in [-0.15, -0.1) is 0 Å². The smallest absolute Gasteiger partial charge is 0.158 e. The lowest BCUT2D eigenvalue weighted by Crippen LogP contribution is -1.90. The van der Waals surface area contributed by atoms with Crippen LogP contribution in [0.15, 0.2) is 150 Å². The molecule has 0 aliphatic heterocycles. The van der Waals surface area contributed by atoms with Crippen molar-refractivity contribution in [3.05, 3.63) is 146 Å². The number of rotatable bonds is 5. The first-order chi connectivity index (χ1) is 18.8. The molecular formula is C36H25NO. The number of hydrogen-bond acceptors (Lipinski definition) is 2. The van der Waals surface area contributed by atoms with E-state index in [2.05, 4.69) is 133 Å². The number of nitrogens with one attached hydrogen (secondary N) is 1. The van der Waals surface area contributed by atoms with Crippen molar-refractivity contribution in [2.75, 3.05) is 5.32 Å². The highest BCUT2D eigenvalue weighted by Gasteiger charge is 2.15. The summed E-state index contributed by atoms with van der Waals surface area (Å²) in [7, 11) is 0. The fourth-order valence-corrected chi connectivity index (χ4v) is 5.21. The Hall–Kier alpha value is -5.08. The van der Waals surface area contributed by atoms with E-state index in [-0.39, 0.29) is 0 Å². The van der Waals surface area contributed by atoms with E-state index >= 15 is 0 Å². The number of benzene rings is 6. The van der Waals surface area contributed by atoms with E-state index in [1.807, 2.05) is 18.2 Å². The highest BCUT2D eigenvalue weighted by atomic mass is 16.3. The standard InChI is InChI=1S/C36H25NO/c1-3-10-25(11-4-1)28-14-7-15-29(24-28)26-20-22-30(23-21-26)37-33-18-8-17-32-35-31(27-12-5-2-6-13-27)16-9-19-34(35)38-36(32)33/h1-24,37H. The molecule has 0 bridgehead atoms. The molecule has 1 aromatic heterocycles. The minimum absolute atomic E-state index is 0.866. The van der Waals surface area contributed by atoms with Crippen LogP contribution in [0.5, 0.6) is 0 Å². The molecule has 6 aromatic carbocycles. The zero-order chi connectivity index (χ0) is 25.3. The Morgan fingerprint density at radius 3 is 1.79 bits per heavy atom. The molecule has 0 saturated carbocycles. The first-order valence-electron chi connectivity index (χ1n) is 12.9. The molecule has 7 rings (SSSR count). The van der Waals surface area contributed by atoms with Crippen molar-refractivity contribution in [3.63, 3.8) is 0 Å². The molecule has 0 amide bonds. The fourth-order valence-electron chi connectivity index (χ4n) is 5.21. The lowest BCUT2D eigenvalue weighted by molar-refractivity contribution is 0.670. The third-order valence-electron chi connectivity index (χ3n) is 7.07. The van der Waals surface area contributed by atoms with Gasteiger partial charge in [0.25, 0.3) is 0 Å². The first-order valence-corrected chi connectivity index (χ1v) is 12.9. The highest BCUT2D eigenvalue weighted by Crippen LogP contribution is 2.40. The van der Waals surface area contributed by atoms with Crippen LogP contribution in [0.2, 0.25) is 0 Å². The second-order valence-electron chi connectivity index (χ2n) is 9.48. The van der Waals surface area contributed by atoms with E-state index in [0.29, 0.717) is 0 Å². The number of para-hydroxylation sites is 1. The summed E-state index contributed by atoms with van der Waals surface area (Å²) in [5, 5.41) is 5.84. The summed E-state index contributed by atoms with van der Waals surface area (Å²) < 4.78 is 6.40. The molecule has 38 heavy (non-hydrogen) atoms. The summed E-state index contributed by atoms with van der Waals surface area (Å²) >= 11 is 0. The number of anilines is 2. The number of fused-ring (bicyclic) bond motifs is 3. The van der Waals surface area contributed by atoms with Crippen LogP contribution < -0.4 is 5.32 Å². The van der Waals surface area contributed by atoms with Gasteiger partial charge in [0.2, 0.25) is 0 Å². The molecule has 0 spiro atoms. The van der Waals surface area contributed by atoms with Crippen LogP contribution >= 0.6 is 0 Å². The molecule has 0 aliphatic rings. The van der Waals surface area contributed by atoms with E-state index in [9.17, 15) is 0 Å². The zero-order valence-electron chi connectivity index (χ0n) is 20.8. The third-order valence-corrected chi connectivity index (χ3v) is 7.07. The minimum atomic E-state index is 0.866. The van der Waals surface area contributed by atoms with Crippen molar-refractivity contribution < 1.29 is 4.42 Å². The predicted octanol–water partition coefficient (Wildman–Crippen LogP) is 10.3. The SMILES string of the molecule is c1ccc(-c2cccc(-c3ccc(Nc4cccc5c4oc4cccc(-c6ccccc6)c45)cc3)c2)cc1. The zero-order valence-corrected chi connectivity index (χ0v) is 20.8. The van der Waals surface area contributed by atoms with Crippen LogP contribution in [0.4, 0.5) is 11.4 Å². The van der Waals surface area contributed by atoms with Crippen molar-refractivity contribution >= 4 is 33.3 Å². The summed E-state index contributed by atoms with van der Waals surface area (Å²) in [5.74, 6) is 0. The summed E-state index contributed by atoms with van der Waals surface area (Å²) in [6, 6.07) is 50.8. The second kappa shape index (κ2) is 9.42. The van der Waals surface area contributed by atoms with Gasteiger partial charge in [-0.3, -0.25) is 0 Å². The summed E-state index contributed by atoms with van der Waals surface area (Å²) in [6.45, 7) is 0. The second-order valence-corrected chi connectivity index (χ2v) is 9.48. The molecule has 7 aromatic rings. The minimum Gasteiger partial charge on any atom is -0.454 e. The molecule has 0 fully saturated rings. The molecule has 0 saturated heterocycles. The highest BCUT2D eigenvalue weighted by molar-refractivity contribution is 6.15. The quantitative estimate of drug-likeness (QED) is 0.261. The summed E-state index contributed by atoms with van der Waals surface area (Å²) in [6.07, 6.45) is 0. The van der Waals surface area contributed by atoms with Crippen LogP contribution in [0.3, 0.4) is 0 Å². The maximum atomic E-state index is 6.40. The van der Waals surface area contributed by atoms with Crippen molar-refractivity contribution in [3.8, 4) is 33.4 Å². The van der Waals surface area contributed by atoms with Crippen LogP contribution in [0, 0.1) is 0 Å². The molecule has 0 atom stereocenters. The van der Waals surface area contributed by atoms with Crippen molar-refractivity contribution in [2.45, 2.75) is 0 Å². The summed E-state index contributed by atoms with van der Waals surface area (Å²) in [5.41, 5.74) is 10.9.